The number of nitrogens with zero attached hydrogens (tertiary/aromatic N) is 3. The summed E-state index contributed by atoms with van der Waals surface area (Å²) in [5.41, 5.74) is 2.97. The topological polar surface area (TPSA) is 61.5 Å². The van der Waals surface area contributed by atoms with E-state index in [1.807, 2.05) is 0 Å². The lowest BCUT2D eigenvalue weighted by Crippen LogP contribution is -2.35. The fraction of sp³-hybridized carbons (Fsp3) is 0.565. The van der Waals surface area contributed by atoms with Gasteiger partial charge >= 0.3 is 0 Å². The van der Waals surface area contributed by atoms with Crippen molar-refractivity contribution in [3.8, 4) is 5.75 Å². The smallest absolute Gasteiger partial charge is 0.256 e. The van der Waals surface area contributed by atoms with Crippen LogP contribution in [-0.2, 0) is 6.54 Å². The molecule has 0 unspecified atom stereocenters. The summed E-state index contributed by atoms with van der Waals surface area (Å²) in [6.45, 7) is 2.92. The average Bonchev–Trinajstić information content (AvgIpc) is 3.40. The molecule has 2 fully saturated rings. The van der Waals surface area contributed by atoms with Gasteiger partial charge in [-0.15, -0.1) is 0 Å². The van der Waals surface area contributed by atoms with E-state index in [0.717, 1.165) is 43.9 Å². The van der Waals surface area contributed by atoms with Gasteiger partial charge in [0, 0.05) is 33.1 Å². The highest BCUT2D eigenvalue weighted by Gasteiger charge is 2.27. The first-order valence-electron chi connectivity index (χ1n) is 10.8. The fourth-order valence-corrected chi connectivity index (χ4v) is 4.63. The second-order valence-electron chi connectivity index (χ2n) is 8.64. The number of H-pyrrole nitrogens is 1. The van der Waals surface area contributed by atoms with Gasteiger partial charge in [-0.3, -0.25) is 14.8 Å². The zero-order valence-corrected chi connectivity index (χ0v) is 17.6. The van der Waals surface area contributed by atoms with E-state index in [0.29, 0.717) is 17.6 Å². The number of likely N-dealkylation sites (tertiary alicyclic amines) is 1. The van der Waals surface area contributed by atoms with Crippen molar-refractivity contribution in [3.05, 3.63) is 47.3 Å². The first kappa shape index (κ1) is 20.0. The summed E-state index contributed by atoms with van der Waals surface area (Å²) in [6, 6.07) is 8.55. The standard InChI is InChI=1S/C23H32N4O2/c1-26(2)23(28)21-14-24-25-22(21)18-8-6-12-27(16-18)15-17-7-5-11-20(13-17)29-19-9-3-4-10-19/h5,7,11,13-14,18-19H,3-4,6,8-10,12,15-16H2,1-2H3,(H,24,25)/t18-/m1/s1. The number of carbonyl (C=O) groups excluding carboxylic acids is 1. The van der Waals surface area contributed by atoms with E-state index in [-0.39, 0.29) is 5.91 Å². The maximum atomic E-state index is 12.5. The third-order valence-electron chi connectivity index (χ3n) is 6.13. The van der Waals surface area contributed by atoms with Crippen molar-refractivity contribution < 1.29 is 9.53 Å². The van der Waals surface area contributed by atoms with Crippen LogP contribution < -0.4 is 4.74 Å². The van der Waals surface area contributed by atoms with Gasteiger partial charge in [0.05, 0.1) is 23.6 Å². The van der Waals surface area contributed by atoms with Crippen LogP contribution in [-0.4, -0.2) is 59.2 Å². The van der Waals surface area contributed by atoms with E-state index < -0.39 is 0 Å². The van der Waals surface area contributed by atoms with Crippen molar-refractivity contribution in [1.29, 1.82) is 0 Å². The Labute approximate surface area is 173 Å². The Bertz CT molecular complexity index is 826. The lowest BCUT2D eigenvalue weighted by atomic mass is 9.92. The highest BCUT2D eigenvalue weighted by atomic mass is 16.5. The number of nitrogens with one attached hydrogen (secondary N) is 1. The number of ether oxygens (including phenoxy) is 1. The number of aromatic nitrogens is 2. The molecule has 1 aliphatic heterocycles. The Morgan fingerprint density at radius 2 is 2.07 bits per heavy atom. The lowest BCUT2D eigenvalue weighted by Gasteiger charge is -2.32. The van der Waals surface area contributed by atoms with Crippen molar-refractivity contribution in [2.45, 2.75) is 57.1 Å². The van der Waals surface area contributed by atoms with Crippen LogP contribution in [0, 0.1) is 0 Å². The molecule has 1 amide bonds. The normalized spacial score (nSPS) is 20.7. The molecule has 0 radical (unpaired) electrons. The summed E-state index contributed by atoms with van der Waals surface area (Å²) in [5.74, 6) is 1.32. The van der Waals surface area contributed by atoms with Gasteiger partial charge < -0.3 is 9.64 Å². The number of aromatic amines is 1. The molecule has 1 saturated carbocycles. The molecular formula is C23H32N4O2. The Morgan fingerprint density at radius 3 is 2.86 bits per heavy atom. The van der Waals surface area contributed by atoms with Crippen molar-refractivity contribution in [1.82, 2.24) is 20.0 Å². The molecule has 1 saturated heterocycles. The Morgan fingerprint density at radius 1 is 1.24 bits per heavy atom. The molecule has 156 valence electrons. The average molecular weight is 397 g/mol. The van der Waals surface area contributed by atoms with Crippen molar-refractivity contribution in [2.24, 2.45) is 0 Å². The van der Waals surface area contributed by atoms with Gasteiger partial charge in [0.25, 0.3) is 5.91 Å². The van der Waals surface area contributed by atoms with Gasteiger partial charge in [-0.05, 0) is 62.8 Å². The minimum atomic E-state index is 0.0163. The van der Waals surface area contributed by atoms with E-state index in [2.05, 4.69) is 39.4 Å². The third kappa shape index (κ3) is 4.81. The summed E-state index contributed by atoms with van der Waals surface area (Å²) < 4.78 is 6.18. The Kier molecular flexibility index (Phi) is 6.19. The number of hydrogen-bond donors (Lipinski definition) is 1. The lowest BCUT2D eigenvalue weighted by molar-refractivity contribution is 0.0825. The number of carbonyl (C=O) groups is 1. The van der Waals surface area contributed by atoms with Crippen LogP contribution in [0.2, 0.25) is 0 Å². The SMILES string of the molecule is CN(C)C(=O)c1cn[nH]c1[C@@H]1CCCN(Cc2cccc(OC3CCCC3)c2)C1. The largest absolute Gasteiger partial charge is 0.490 e. The van der Waals surface area contributed by atoms with Crippen LogP contribution in [0.15, 0.2) is 30.5 Å². The highest BCUT2D eigenvalue weighted by Crippen LogP contribution is 2.30. The molecule has 6 nitrogen and oxygen atoms in total. The molecule has 4 rings (SSSR count). The first-order chi connectivity index (χ1) is 14.1. The Hall–Kier alpha value is -2.34. The minimum Gasteiger partial charge on any atom is -0.490 e. The minimum absolute atomic E-state index is 0.0163. The molecule has 1 aromatic carbocycles. The molecule has 29 heavy (non-hydrogen) atoms. The van der Waals surface area contributed by atoms with Crippen LogP contribution >= 0.6 is 0 Å². The third-order valence-corrected chi connectivity index (χ3v) is 6.13. The number of rotatable bonds is 6. The quantitative estimate of drug-likeness (QED) is 0.806. The number of hydrogen-bond acceptors (Lipinski definition) is 4. The van der Waals surface area contributed by atoms with Crippen molar-refractivity contribution >= 4 is 5.91 Å². The zero-order chi connectivity index (χ0) is 20.2. The summed E-state index contributed by atoms with van der Waals surface area (Å²) in [6.07, 6.45) is 9.18. The van der Waals surface area contributed by atoms with E-state index in [4.69, 9.17) is 4.74 Å². The molecule has 2 aliphatic rings. The zero-order valence-electron chi connectivity index (χ0n) is 17.6. The molecule has 1 aromatic heterocycles. The van der Waals surface area contributed by atoms with Crippen LogP contribution in [0.25, 0.3) is 0 Å². The highest BCUT2D eigenvalue weighted by molar-refractivity contribution is 5.94. The van der Waals surface area contributed by atoms with Gasteiger partial charge in [-0.1, -0.05) is 12.1 Å². The molecule has 0 bridgehead atoms. The maximum Gasteiger partial charge on any atom is 0.256 e. The molecule has 6 heteroatoms. The van der Waals surface area contributed by atoms with Gasteiger partial charge in [-0.25, -0.2) is 0 Å². The van der Waals surface area contributed by atoms with E-state index >= 15 is 0 Å². The summed E-state index contributed by atoms with van der Waals surface area (Å²) in [7, 11) is 3.57. The Balaban J connectivity index is 1.41. The second-order valence-corrected chi connectivity index (χ2v) is 8.64. The van der Waals surface area contributed by atoms with Gasteiger partial charge in [-0.2, -0.15) is 5.10 Å². The molecule has 1 N–H and O–H groups in total. The summed E-state index contributed by atoms with van der Waals surface area (Å²) in [5, 5.41) is 7.26. The van der Waals surface area contributed by atoms with Crippen LogP contribution in [0.4, 0.5) is 0 Å². The maximum absolute atomic E-state index is 12.5. The molecular weight excluding hydrogens is 364 g/mol. The second kappa shape index (κ2) is 8.99. The molecule has 1 atom stereocenters. The fourth-order valence-electron chi connectivity index (χ4n) is 4.63. The predicted octanol–water partition coefficient (Wildman–Crippen LogP) is 3.81. The first-order valence-corrected chi connectivity index (χ1v) is 10.8. The molecule has 0 spiro atoms. The van der Waals surface area contributed by atoms with Crippen molar-refractivity contribution in [3.63, 3.8) is 0 Å². The summed E-state index contributed by atoms with van der Waals surface area (Å²) >= 11 is 0. The van der Waals surface area contributed by atoms with Crippen LogP contribution in [0.3, 0.4) is 0 Å². The molecule has 2 heterocycles. The monoisotopic (exact) mass is 396 g/mol. The van der Waals surface area contributed by atoms with Gasteiger partial charge in [0.15, 0.2) is 0 Å². The van der Waals surface area contributed by atoms with Crippen molar-refractivity contribution in [2.75, 3.05) is 27.2 Å². The van der Waals surface area contributed by atoms with Crippen LogP contribution in [0.5, 0.6) is 5.75 Å². The summed E-state index contributed by atoms with van der Waals surface area (Å²) in [4.78, 5) is 16.6. The van der Waals surface area contributed by atoms with E-state index in [1.165, 1.54) is 31.2 Å². The van der Waals surface area contributed by atoms with Crippen LogP contribution in [0.1, 0.15) is 66.1 Å². The number of amides is 1. The number of benzene rings is 1. The van der Waals surface area contributed by atoms with E-state index in [9.17, 15) is 4.79 Å². The predicted molar refractivity (Wildman–Crippen MR) is 113 cm³/mol. The molecule has 2 aromatic rings. The van der Waals surface area contributed by atoms with E-state index in [1.54, 1.807) is 25.2 Å². The van der Waals surface area contributed by atoms with Gasteiger partial charge in [0.1, 0.15) is 5.75 Å². The number of piperidine rings is 1. The molecule has 1 aliphatic carbocycles. The van der Waals surface area contributed by atoms with Gasteiger partial charge in [0.2, 0.25) is 0 Å².